The molecule has 6 heteroatoms. The molecule has 4 rings (SSSR count). The predicted octanol–water partition coefficient (Wildman–Crippen LogP) is 3.02. The molecule has 0 spiro atoms. The van der Waals surface area contributed by atoms with Crippen LogP contribution in [0.25, 0.3) is 11.0 Å². The fraction of sp³-hybridized carbons (Fsp3) is 0.417. The van der Waals surface area contributed by atoms with Gasteiger partial charge in [-0.25, -0.2) is 9.97 Å². The van der Waals surface area contributed by atoms with E-state index in [0.29, 0.717) is 6.04 Å². The van der Waals surface area contributed by atoms with Gasteiger partial charge in [0.25, 0.3) is 0 Å². The number of aliphatic hydroxyl groups is 1. The highest BCUT2D eigenvalue weighted by molar-refractivity contribution is 5.74. The Labute approximate surface area is 178 Å². The van der Waals surface area contributed by atoms with Crippen LogP contribution in [0, 0.1) is 6.92 Å². The summed E-state index contributed by atoms with van der Waals surface area (Å²) in [5.74, 6) is 0.884. The van der Waals surface area contributed by atoms with Crippen molar-refractivity contribution in [3.63, 3.8) is 0 Å². The lowest BCUT2D eigenvalue weighted by Gasteiger charge is -2.41. The number of piperazine rings is 1. The van der Waals surface area contributed by atoms with Crippen molar-refractivity contribution < 1.29 is 9.84 Å². The number of ether oxygens (including phenoxy) is 1. The van der Waals surface area contributed by atoms with Gasteiger partial charge in [-0.2, -0.15) is 0 Å². The van der Waals surface area contributed by atoms with Crippen molar-refractivity contribution in [1.82, 2.24) is 19.8 Å². The van der Waals surface area contributed by atoms with Crippen LogP contribution in [0.2, 0.25) is 0 Å². The number of fused-ring (bicyclic) bond motifs is 1. The molecule has 0 amide bonds. The van der Waals surface area contributed by atoms with Crippen LogP contribution < -0.4 is 4.74 Å². The number of hydrogen-bond acceptors (Lipinski definition) is 6. The minimum atomic E-state index is 0.196. The summed E-state index contributed by atoms with van der Waals surface area (Å²) in [5, 5.41) is 9.64. The van der Waals surface area contributed by atoms with Gasteiger partial charge in [0.15, 0.2) is 0 Å². The molecule has 0 saturated carbocycles. The van der Waals surface area contributed by atoms with Gasteiger partial charge in [0.1, 0.15) is 5.75 Å². The van der Waals surface area contributed by atoms with Gasteiger partial charge in [0.2, 0.25) is 0 Å². The highest BCUT2D eigenvalue weighted by atomic mass is 16.5. The Morgan fingerprint density at radius 1 is 1.03 bits per heavy atom. The topological polar surface area (TPSA) is 61.7 Å². The summed E-state index contributed by atoms with van der Waals surface area (Å²) in [6.45, 7) is 6.74. The normalized spacial score (nSPS) is 18.0. The van der Waals surface area contributed by atoms with Crippen LogP contribution in [0.1, 0.15) is 23.4 Å². The van der Waals surface area contributed by atoms with E-state index < -0.39 is 0 Å². The highest BCUT2D eigenvalue weighted by Gasteiger charge is 2.27. The van der Waals surface area contributed by atoms with Crippen molar-refractivity contribution in [1.29, 1.82) is 0 Å². The Bertz CT molecular complexity index is 994. The third-order valence-corrected chi connectivity index (χ3v) is 5.89. The van der Waals surface area contributed by atoms with E-state index >= 15 is 0 Å². The van der Waals surface area contributed by atoms with Crippen LogP contribution in [-0.4, -0.2) is 64.3 Å². The second kappa shape index (κ2) is 9.51. The van der Waals surface area contributed by atoms with Gasteiger partial charge in [-0.3, -0.25) is 9.80 Å². The van der Waals surface area contributed by atoms with Crippen LogP contribution in [0.5, 0.6) is 5.75 Å². The average Bonchev–Trinajstić information content (AvgIpc) is 2.76. The molecular weight excluding hydrogens is 376 g/mol. The standard InChI is InChI=1S/C24H30N4O2/c1-18-24(26-23-9-4-3-8-22(23)25-18)17-27-11-12-28(20(16-27)10-13-29)15-19-6-5-7-21(14-19)30-2/h3-9,14,20,29H,10-13,15-17H2,1-2H3. The molecule has 0 bridgehead atoms. The molecule has 1 unspecified atom stereocenters. The molecule has 158 valence electrons. The summed E-state index contributed by atoms with van der Waals surface area (Å²) in [6.07, 6.45) is 0.767. The third-order valence-electron chi connectivity index (χ3n) is 5.89. The second-order valence-electron chi connectivity index (χ2n) is 7.97. The SMILES string of the molecule is COc1cccc(CN2CCN(Cc3nc4ccccc4nc3C)CC2CCO)c1. The van der Waals surface area contributed by atoms with Crippen molar-refractivity contribution >= 4 is 11.0 Å². The predicted molar refractivity (Wildman–Crippen MR) is 118 cm³/mol. The van der Waals surface area contributed by atoms with Gasteiger partial charge in [-0.15, -0.1) is 0 Å². The van der Waals surface area contributed by atoms with Crippen LogP contribution in [0.3, 0.4) is 0 Å². The molecule has 3 aromatic rings. The van der Waals surface area contributed by atoms with E-state index in [-0.39, 0.29) is 6.61 Å². The zero-order chi connectivity index (χ0) is 20.9. The zero-order valence-electron chi connectivity index (χ0n) is 17.8. The minimum Gasteiger partial charge on any atom is -0.497 e. The molecule has 0 radical (unpaired) electrons. The molecule has 1 fully saturated rings. The molecule has 0 aliphatic carbocycles. The summed E-state index contributed by atoms with van der Waals surface area (Å²) in [6, 6.07) is 16.6. The van der Waals surface area contributed by atoms with E-state index in [9.17, 15) is 5.11 Å². The van der Waals surface area contributed by atoms with Crippen LogP contribution in [0.15, 0.2) is 48.5 Å². The fourth-order valence-corrected chi connectivity index (χ4v) is 4.22. The Kier molecular flexibility index (Phi) is 6.57. The van der Waals surface area contributed by atoms with Crippen molar-refractivity contribution in [2.75, 3.05) is 33.4 Å². The van der Waals surface area contributed by atoms with E-state index in [0.717, 1.165) is 67.3 Å². The Balaban J connectivity index is 1.45. The van der Waals surface area contributed by atoms with E-state index in [4.69, 9.17) is 14.7 Å². The first-order valence-corrected chi connectivity index (χ1v) is 10.6. The van der Waals surface area contributed by atoms with Crippen LogP contribution in [0.4, 0.5) is 0 Å². The molecule has 2 aromatic carbocycles. The Morgan fingerprint density at radius 2 is 1.83 bits per heavy atom. The van der Waals surface area contributed by atoms with Crippen molar-refractivity contribution in [3.8, 4) is 5.75 Å². The lowest BCUT2D eigenvalue weighted by atomic mass is 10.1. The van der Waals surface area contributed by atoms with E-state index in [1.165, 1.54) is 5.56 Å². The average molecular weight is 407 g/mol. The molecule has 1 aliphatic heterocycles. The number of aromatic nitrogens is 2. The summed E-state index contributed by atoms with van der Waals surface area (Å²) in [4.78, 5) is 14.5. The van der Waals surface area contributed by atoms with Gasteiger partial charge in [0, 0.05) is 45.4 Å². The maximum atomic E-state index is 9.64. The quantitative estimate of drug-likeness (QED) is 0.651. The molecule has 1 aromatic heterocycles. The summed E-state index contributed by atoms with van der Waals surface area (Å²) in [7, 11) is 1.70. The first-order valence-electron chi connectivity index (χ1n) is 10.6. The van der Waals surface area contributed by atoms with Gasteiger partial charge < -0.3 is 9.84 Å². The van der Waals surface area contributed by atoms with E-state index in [2.05, 4.69) is 21.9 Å². The Morgan fingerprint density at radius 3 is 2.60 bits per heavy atom. The van der Waals surface area contributed by atoms with Crippen LogP contribution >= 0.6 is 0 Å². The largest absolute Gasteiger partial charge is 0.497 e. The molecule has 1 atom stereocenters. The molecule has 6 nitrogen and oxygen atoms in total. The molecule has 30 heavy (non-hydrogen) atoms. The van der Waals surface area contributed by atoms with Gasteiger partial charge >= 0.3 is 0 Å². The number of aliphatic hydroxyl groups excluding tert-OH is 1. The first kappa shape index (κ1) is 20.7. The maximum absolute atomic E-state index is 9.64. The van der Waals surface area contributed by atoms with Gasteiger partial charge in [-0.1, -0.05) is 24.3 Å². The molecule has 2 heterocycles. The Hall–Kier alpha value is -2.54. The summed E-state index contributed by atoms with van der Waals surface area (Å²) >= 11 is 0. The zero-order valence-corrected chi connectivity index (χ0v) is 17.8. The number of benzene rings is 2. The van der Waals surface area contributed by atoms with Gasteiger partial charge in [0.05, 0.1) is 29.5 Å². The number of aryl methyl sites for hydroxylation is 1. The van der Waals surface area contributed by atoms with Crippen molar-refractivity contribution in [3.05, 3.63) is 65.5 Å². The van der Waals surface area contributed by atoms with Crippen molar-refractivity contribution in [2.45, 2.75) is 32.5 Å². The fourth-order valence-electron chi connectivity index (χ4n) is 4.22. The lowest BCUT2D eigenvalue weighted by molar-refractivity contribution is 0.0492. The monoisotopic (exact) mass is 406 g/mol. The minimum absolute atomic E-state index is 0.196. The van der Waals surface area contributed by atoms with E-state index in [1.54, 1.807) is 7.11 Å². The summed E-state index contributed by atoms with van der Waals surface area (Å²) < 4.78 is 5.36. The van der Waals surface area contributed by atoms with Crippen molar-refractivity contribution in [2.24, 2.45) is 0 Å². The van der Waals surface area contributed by atoms with E-state index in [1.807, 2.05) is 43.3 Å². The lowest BCUT2D eigenvalue weighted by Crippen LogP contribution is -2.52. The number of methoxy groups -OCH3 is 1. The molecule has 1 aliphatic rings. The second-order valence-corrected chi connectivity index (χ2v) is 7.97. The smallest absolute Gasteiger partial charge is 0.119 e. The molecule has 1 saturated heterocycles. The first-order chi connectivity index (χ1) is 14.7. The number of nitrogens with zero attached hydrogens (tertiary/aromatic N) is 4. The number of para-hydroxylation sites is 2. The molecule has 1 N–H and O–H groups in total. The van der Waals surface area contributed by atoms with Crippen LogP contribution in [-0.2, 0) is 13.1 Å². The van der Waals surface area contributed by atoms with Gasteiger partial charge in [-0.05, 0) is 43.2 Å². The molecular formula is C24H30N4O2. The third kappa shape index (κ3) is 4.78. The highest BCUT2D eigenvalue weighted by Crippen LogP contribution is 2.21. The number of hydrogen-bond donors (Lipinski definition) is 1. The number of rotatable bonds is 7. The maximum Gasteiger partial charge on any atom is 0.119 e. The summed E-state index contributed by atoms with van der Waals surface area (Å²) in [5.41, 5.74) is 5.16.